The molecule has 0 spiro atoms. The predicted molar refractivity (Wildman–Crippen MR) is 74.1 cm³/mol. The molecule has 6 heteroatoms. The van der Waals surface area contributed by atoms with E-state index >= 15 is 0 Å². The zero-order valence-corrected chi connectivity index (χ0v) is 11.6. The highest BCUT2D eigenvalue weighted by Gasteiger charge is 2.12. The fourth-order valence-corrected chi connectivity index (χ4v) is 1.89. The third-order valence-corrected chi connectivity index (χ3v) is 3.20. The van der Waals surface area contributed by atoms with Crippen LogP contribution in [0, 0.1) is 5.92 Å². The number of carbonyl (C=O) groups excluding carboxylic acids is 1. The first-order valence-electron chi connectivity index (χ1n) is 5.59. The number of rotatable bonds is 5. The molecule has 0 bridgehead atoms. The highest BCUT2D eigenvalue weighted by Crippen LogP contribution is 2.28. The number of hydrogen-bond acceptors (Lipinski definition) is 3. The van der Waals surface area contributed by atoms with Crippen molar-refractivity contribution < 1.29 is 9.90 Å². The molecular formula is C12H16Cl2N2O2. The Labute approximate surface area is 116 Å². The first-order chi connectivity index (χ1) is 8.45. The molecule has 1 unspecified atom stereocenters. The van der Waals surface area contributed by atoms with Gasteiger partial charge in [0, 0.05) is 18.7 Å². The lowest BCUT2D eigenvalue weighted by atomic mass is 10.1. The number of nitrogens with two attached hydrogens (primary N) is 1. The van der Waals surface area contributed by atoms with E-state index in [4.69, 9.17) is 34.0 Å². The molecule has 1 amide bonds. The zero-order valence-electron chi connectivity index (χ0n) is 10.0. The fraction of sp³-hybridized carbons (Fsp3) is 0.417. The molecule has 0 heterocycles. The Morgan fingerprint density at radius 1 is 1.44 bits per heavy atom. The predicted octanol–water partition coefficient (Wildman–Crippen LogP) is 2.32. The molecule has 1 aromatic carbocycles. The molecule has 1 aromatic rings. The topological polar surface area (TPSA) is 75.3 Å². The molecule has 100 valence electrons. The van der Waals surface area contributed by atoms with Crippen molar-refractivity contribution in [1.29, 1.82) is 0 Å². The molecule has 0 aliphatic carbocycles. The Morgan fingerprint density at radius 3 is 2.50 bits per heavy atom. The Bertz CT molecular complexity index is 415. The Balaban J connectivity index is 2.67. The maximum absolute atomic E-state index is 11.8. The van der Waals surface area contributed by atoms with Crippen LogP contribution >= 0.6 is 23.2 Å². The van der Waals surface area contributed by atoms with Gasteiger partial charge in [-0.25, -0.2) is 0 Å². The van der Waals surface area contributed by atoms with E-state index in [0.29, 0.717) is 18.5 Å². The van der Waals surface area contributed by atoms with Crippen molar-refractivity contribution in [2.45, 2.75) is 13.3 Å². The standard InChI is InChI=1S/C12H16Cl2N2O2/c1-7(2-3-17)6-16-12(18)8-4-9(13)11(15)10(14)5-8/h4-5,7,17H,2-3,6,15H2,1H3,(H,16,18). The Hall–Kier alpha value is -0.970. The first kappa shape index (κ1) is 15.1. The number of aliphatic hydroxyl groups is 1. The summed E-state index contributed by atoms with van der Waals surface area (Å²) in [6, 6.07) is 2.96. The van der Waals surface area contributed by atoms with E-state index in [2.05, 4.69) is 5.32 Å². The van der Waals surface area contributed by atoms with Crippen molar-refractivity contribution in [2.24, 2.45) is 5.92 Å². The number of amides is 1. The van der Waals surface area contributed by atoms with E-state index in [1.54, 1.807) is 0 Å². The minimum Gasteiger partial charge on any atom is -0.396 e. The second-order valence-electron chi connectivity index (χ2n) is 4.18. The Morgan fingerprint density at radius 2 is 2.00 bits per heavy atom. The molecule has 0 radical (unpaired) electrons. The average molecular weight is 291 g/mol. The highest BCUT2D eigenvalue weighted by molar-refractivity contribution is 6.39. The quantitative estimate of drug-likeness (QED) is 0.729. The molecule has 4 N–H and O–H groups in total. The van der Waals surface area contributed by atoms with Crippen LogP contribution in [0.15, 0.2) is 12.1 Å². The summed E-state index contributed by atoms with van der Waals surface area (Å²) < 4.78 is 0. The lowest BCUT2D eigenvalue weighted by Crippen LogP contribution is -2.28. The summed E-state index contributed by atoms with van der Waals surface area (Å²) in [4.78, 5) is 11.8. The van der Waals surface area contributed by atoms with Crippen LogP contribution in [0.5, 0.6) is 0 Å². The van der Waals surface area contributed by atoms with Crippen molar-refractivity contribution in [3.05, 3.63) is 27.7 Å². The molecule has 0 saturated heterocycles. The average Bonchev–Trinajstić information content (AvgIpc) is 2.32. The first-order valence-corrected chi connectivity index (χ1v) is 6.35. The third-order valence-electron chi connectivity index (χ3n) is 2.57. The van der Waals surface area contributed by atoms with E-state index < -0.39 is 0 Å². The van der Waals surface area contributed by atoms with E-state index in [1.165, 1.54) is 12.1 Å². The minimum atomic E-state index is -0.261. The van der Waals surface area contributed by atoms with Gasteiger partial charge in [0.25, 0.3) is 5.91 Å². The minimum absolute atomic E-state index is 0.108. The number of carbonyl (C=O) groups is 1. The number of hydrogen-bond donors (Lipinski definition) is 3. The second-order valence-corrected chi connectivity index (χ2v) is 5.00. The maximum atomic E-state index is 11.8. The van der Waals surface area contributed by atoms with E-state index in [-0.39, 0.29) is 34.2 Å². The van der Waals surface area contributed by atoms with Gasteiger partial charge in [-0.3, -0.25) is 4.79 Å². The van der Waals surface area contributed by atoms with Crippen LogP contribution in [0.25, 0.3) is 0 Å². The van der Waals surface area contributed by atoms with Crippen molar-refractivity contribution in [3.8, 4) is 0 Å². The van der Waals surface area contributed by atoms with Gasteiger partial charge in [-0.15, -0.1) is 0 Å². The van der Waals surface area contributed by atoms with Crippen molar-refractivity contribution in [1.82, 2.24) is 5.32 Å². The SMILES string of the molecule is CC(CCO)CNC(=O)c1cc(Cl)c(N)c(Cl)c1. The van der Waals surface area contributed by atoms with Gasteiger partial charge in [-0.1, -0.05) is 30.1 Å². The van der Waals surface area contributed by atoms with Crippen LogP contribution in [0.3, 0.4) is 0 Å². The van der Waals surface area contributed by atoms with Gasteiger partial charge in [0.1, 0.15) is 0 Å². The van der Waals surface area contributed by atoms with Gasteiger partial charge in [0.15, 0.2) is 0 Å². The zero-order chi connectivity index (χ0) is 13.7. The summed E-state index contributed by atoms with van der Waals surface area (Å²) in [5, 5.41) is 12.0. The Kier molecular flexibility index (Phi) is 5.72. The molecule has 0 saturated carbocycles. The molecule has 0 aromatic heterocycles. The number of nitrogen functional groups attached to an aromatic ring is 1. The summed E-state index contributed by atoms with van der Waals surface area (Å²) >= 11 is 11.7. The van der Waals surface area contributed by atoms with Gasteiger partial charge in [-0.05, 0) is 24.5 Å². The monoisotopic (exact) mass is 290 g/mol. The smallest absolute Gasteiger partial charge is 0.251 e. The van der Waals surface area contributed by atoms with Gasteiger partial charge < -0.3 is 16.2 Å². The summed E-state index contributed by atoms with van der Waals surface area (Å²) in [6.45, 7) is 2.54. The van der Waals surface area contributed by atoms with Gasteiger partial charge in [-0.2, -0.15) is 0 Å². The number of halogens is 2. The summed E-state index contributed by atoms with van der Waals surface area (Å²) in [6.07, 6.45) is 0.642. The second kappa shape index (κ2) is 6.83. The van der Waals surface area contributed by atoms with Gasteiger partial charge >= 0.3 is 0 Å². The summed E-state index contributed by atoms with van der Waals surface area (Å²) in [7, 11) is 0. The van der Waals surface area contributed by atoms with Crippen molar-refractivity contribution in [3.63, 3.8) is 0 Å². The highest BCUT2D eigenvalue weighted by atomic mass is 35.5. The van der Waals surface area contributed by atoms with Crippen molar-refractivity contribution >= 4 is 34.8 Å². The lowest BCUT2D eigenvalue weighted by molar-refractivity contribution is 0.0945. The molecular weight excluding hydrogens is 275 g/mol. The van der Waals surface area contributed by atoms with E-state index in [0.717, 1.165) is 0 Å². The van der Waals surface area contributed by atoms with Crippen LogP contribution in [-0.2, 0) is 0 Å². The van der Waals surface area contributed by atoms with Crippen LogP contribution < -0.4 is 11.1 Å². The van der Waals surface area contributed by atoms with Crippen LogP contribution in [0.1, 0.15) is 23.7 Å². The number of aliphatic hydroxyl groups excluding tert-OH is 1. The van der Waals surface area contributed by atoms with Crippen LogP contribution in [-0.4, -0.2) is 24.2 Å². The molecule has 4 nitrogen and oxygen atoms in total. The maximum Gasteiger partial charge on any atom is 0.251 e. The van der Waals surface area contributed by atoms with Crippen LogP contribution in [0.2, 0.25) is 10.0 Å². The van der Waals surface area contributed by atoms with Crippen molar-refractivity contribution in [2.75, 3.05) is 18.9 Å². The van der Waals surface area contributed by atoms with E-state index in [1.807, 2.05) is 6.92 Å². The third kappa shape index (κ3) is 4.05. The molecule has 1 rings (SSSR count). The summed E-state index contributed by atoms with van der Waals surface area (Å²) in [5.41, 5.74) is 6.23. The molecule has 1 atom stereocenters. The van der Waals surface area contributed by atoms with E-state index in [9.17, 15) is 4.79 Å². The largest absolute Gasteiger partial charge is 0.396 e. The summed E-state index contributed by atoms with van der Waals surface area (Å²) in [5.74, 6) is -0.0535. The molecule has 0 aliphatic heterocycles. The normalized spacial score (nSPS) is 12.2. The number of anilines is 1. The molecule has 18 heavy (non-hydrogen) atoms. The molecule has 0 aliphatic rings. The van der Waals surface area contributed by atoms with Gasteiger partial charge in [0.05, 0.1) is 15.7 Å². The fourth-order valence-electron chi connectivity index (χ4n) is 1.41. The number of benzene rings is 1. The molecule has 0 fully saturated rings. The number of nitrogens with one attached hydrogen (secondary N) is 1. The van der Waals surface area contributed by atoms with Crippen LogP contribution in [0.4, 0.5) is 5.69 Å². The van der Waals surface area contributed by atoms with Gasteiger partial charge in [0.2, 0.25) is 0 Å². The lowest BCUT2D eigenvalue weighted by Gasteiger charge is -2.12.